The number of rotatable bonds is 8. The molecule has 1 N–H and O–H groups in total. The van der Waals surface area contributed by atoms with E-state index in [1.807, 2.05) is 0 Å². The van der Waals surface area contributed by atoms with E-state index in [9.17, 15) is 9.36 Å². The predicted molar refractivity (Wildman–Crippen MR) is 50.2 cm³/mol. The third kappa shape index (κ3) is 9.44. The minimum Gasteiger partial charge on any atom is -0.478 e. The van der Waals surface area contributed by atoms with Crippen LogP contribution in [0.3, 0.4) is 0 Å². The summed E-state index contributed by atoms with van der Waals surface area (Å²) in [7, 11) is -1.99. The maximum absolute atomic E-state index is 10.8. The molecule has 0 aliphatic heterocycles. The minimum atomic E-state index is -1.99. The van der Waals surface area contributed by atoms with Crippen molar-refractivity contribution in [1.29, 1.82) is 0 Å². The fraction of sp³-hybridized carbons (Fsp3) is 0.875. The number of hydrogen-bond donors (Lipinski definition) is 1. The molecule has 0 bridgehead atoms. The van der Waals surface area contributed by atoms with Crippen LogP contribution >= 0.6 is 8.03 Å². The summed E-state index contributed by atoms with van der Waals surface area (Å²) in [5, 5.41) is 8.26. The number of carbonyl (C=O) groups is 1. The van der Waals surface area contributed by atoms with Gasteiger partial charge in [-0.15, -0.1) is 4.52 Å². The Balaban J connectivity index is 3.22. The molecule has 76 valence electrons. The van der Waals surface area contributed by atoms with E-state index >= 15 is 0 Å². The van der Waals surface area contributed by atoms with Crippen molar-refractivity contribution in [3.8, 4) is 0 Å². The van der Waals surface area contributed by atoms with Gasteiger partial charge in [0.05, 0.1) is 0 Å². The summed E-state index contributed by atoms with van der Waals surface area (Å²) < 4.78 is 15.7. The second kappa shape index (κ2) is 8.14. The highest BCUT2D eigenvalue weighted by Gasteiger charge is 2.21. The Morgan fingerprint density at radius 3 is 2.62 bits per heavy atom. The molecule has 1 unspecified atom stereocenters. The van der Waals surface area contributed by atoms with Gasteiger partial charge in [0.25, 0.3) is 6.16 Å². The fourth-order valence-corrected chi connectivity index (χ4v) is 1.50. The van der Waals surface area contributed by atoms with Crippen LogP contribution in [0.15, 0.2) is 0 Å². The summed E-state index contributed by atoms with van der Waals surface area (Å²) in [5.74, 6) is -1.07. The molecule has 0 spiro atoms. The first-order valence-corrected chi connectivity index (χ1v) is 5.82. The summed E-state index contributed by atoms with van der Waals surface area (Å²) in [4.78, 5) is 10.1. The molecule has 0 saturated carbocycles. The zero-order valence-corrected chi connectivity index (χ0v) is 8.76. The highest BCUT2D eigenvalue weighted by molar-refractivity contribution is 7.40. The van der Waals surface area contributed by atoms with Crippen molar-refractivity contribution in [2.75, 3.05) is 12.8 Å². The SMILES string of the molecule is CCCCCCO[P+](=O)CC(=O)O. The van der Waals surface area contributed by atoms with Gasteiger partial charge in [0.1, 0.15) is 6.61 Å². The summed E-state index contributed by atoms with van der Waals surface area (Å²) >= 11 is 0. The molecule has 0 aliphatic carbocycles. The molecule has 0 fully saturated rings. The Morgan fingerprint density at radius 1 is 1.38 bits per heavy atom. The number of aliphatic carboxylic acids is 1. The van der Waals surface area contributed by atoms with E-state index in [1.54, 1.807) is 0 Å². The van der Waals surface area contributed by atoms with Gasteiger partial charge in [0.15, 0.2) is 0 Å². The predicted octanol–water partition coefficient (Wildman–Crippen LogP) is 2.41. The van der Waals surface area contributed by atoms with Gasteiger partial charge in [-0.3, -0.25) is 0 Å². The molecule has 5 heteroatoms. The van der Waals surface area contributed by atoms with Gasteiger partial charge in [-0.1, -0.05) is 26.2 Å². The molecule has 0 aromatic carbocycles. The molecule has 1 atom stereocenters. The van der Waals surface area contributed by atoms with Gasteiger partial charge < -0.3 is 5.11 Å². The van der Waals surface area contributed by atoms with Crippen LogP contribution in [0.4, 0.5) is 0 Å². The third-order valence-corrected chi connectivity index (χ3v) is 2.50. The van der Waals surface area contributed by atoms with E-state index in [0.29, 0.717) is 6.61 Å². The van der Waals surface area contributed by atoms with Gasteiger partial charge >= 0.3 is 14.0 Å². The van der Waals surface area contributed by atoms with E-state index in [0.717, 1.165) is 25.7 Å². The number of carboxylic acid groups (broad SMARTS) is 1. The van der Waals surface area contributed by atoms with Crippen molar-refractivity contribution >= 4 is 14.0 Å². The highest BCUT2D eigenvalue weighted by atomic mass is 31.1. The molecule has 0 aromatic rings. The molecule has 0 amide bonds. The lowest BCUT2D eigenvalue weighted by Gasteiger charge is -1.93. The van der Waals surface area contributed by atoms with Crippen molar-refractivity contribution in [2.45, 2.75) is 32.6 Å². The van der Waals surface area contributed by atoms with Crippen molar-refractivity contribution in [3.63, 3.8) is 0 Å². The normalized spacial score (nSPS) is 11.3. The van der Waals surface area contributed by atoms with Crippen molar-refractivity contribution in [1.82, 2.24) is 0 Å². The van der Waals surface area contributed by atoms with Gasteiger partial charge in [0, 0.05) is 0 Å². The van der Waals surface area contributed by atoms with E-state index in [1.165, 1.54) is 0 Å². The van der Waals surface area contributed by atoms with Gasteiger partial charge in [-0.05, 0) is 11.0 Å². The van der Waals surface area contributed by atoms with Gasteiger partial charge in [0.2, 0.25) is 0 Å². The van der Waals surface area contributed by atoms with Crippen LogP contribution in [0.25, 0.3) is 0 Å². The first-order chi connectivity index (χ1) is 6.16. The van der Waals surface area contributed by atoms with Gasteiger partial charge in [-0.25, -0.2) is 4.79 Å². The maximum Gasteiger partial charge on any atom is 0.520 e. The number of carboxylic acids is 1. The van der Waals surface area contributed by atoms with Crippen molar-refractivity contribution < 1.29 is 19.0 Å². The van der Waals surface area contributed by atoms with Crippen LogP contribution in [0, 0.1) is 0 Å². The second-order valence-electron chi connectivity index (χ2n) is 2.78. The summed E-state index contributed by atoms with van der Waals surface area (Å²) in [5.41, 5.74) is 0. The monoisotopic (exact) mass is 207 g/mol. The second-order valence-corrected chi connectivity index (χ2v) is 4.02. The first kappa shape index (κ1) is 12.5. The molecule has 13 heavy (non-hydrogen) atoms. The lowest BCUT2D eigenvalue weighted by atomic mass is 10.2. The Hall–Kier alpha value is -0.470. The van der Waals surface area contributed by atoms with Crippen molar-refractivity contribution in [3.05, 3.63) is 0 Å². The Kier molecular flexibility index (Phi) is 7.85. The molecule has 0 radical (unpaired) electrons. The molecule has 0 saturated heterocycles. The summed E-state index contributed by atoms with van der Waals surface area (Å²) in [6, 6.07) is 0. The zero-order valence-electron chi connectivity index (χ0n) is 7.86. The van der Waals surface area contributed by atoms with Crippen LogP contribution < -0.4 is 0 Å². The van der Waals surface area contributed by atoms with Crippen LogP contribution in [-0.2, 0) is 13.9 Å². The van der Waals surface area contributed by atoms with Crippen LogP contribution in [0.5, 0.6) is 0 Å². The summed E-state index contributed by atoms with van der Waals surface area (Å²) in [6.45, 7) is 2.51. The zero-order chi connectivity index (χ0) is 10.1. The topological polar surface area (TPSA) is 63.6 Å². The van der Waals surface area contributed by atoms with Crippen molar-refractivity contribution in [2.24, 2.45) is 0 Å². The Bertz CT molecular complexity index is 170. The molecular formula is C8H16O4P+. The molecule has 4 nitrogen and oxygen atoms in total. The van der Waals surface area contributed by atoms with Crippen LogP contribution in [0.2, 0.25) is 0 Å². The van der Waals surface area contributed by atoms with Crippen LogP contribution in [0.1, 0.15) is 32.6 Å². The third-order valence-electron chi connectivity index (χ3n) is 1.50. The highest BCUT2D eigenvalue weighted by Crippen LogP contribution is 2.21. The Labute approximate surface area is 79.2 Å². The quantitative estimate of drug-likeness (QED) is 0.490. The first-order valence-electron chi connectivity index (χ1n) is 4.46. The van der Waals surface area contributed by atoms with E-state index in [-0.39, 0.29) is 6.16 Å². The molecule has 0 rings (SSSR count). The summed E-state index contributed by atoms with van der Waals surface area (Å²) in [6.07, 6.45) is 3.80. The number of hydrogen-bond acceptors (Lipinski definition) is 3. The fourth-order valence-electron chi connectivity index (χ4n) is 0.851. The number of unbranched alkanes of at least 4 members (excludes halogenated alkanes) is 3. The molecular weight excluding hydrogens is 191 g/mol. The maximum atomic E-state index is 10.8. The van der Waals surface area contributed by atoms with Crippen LogP contribution in [-0.4, -0.2) is 23.8 Å². The Morgan fingerprint density at radius 2 is 2.08 bits per heavy atom. The molecule has 0 heterocycles. The average Bonchev–Trinajstić information content (AvgIpc) is 2.02. The molecule has 0 aliphatic rings. The largest absolute Gasteiger partial charge is 0.520 e. The van der Waals surface area contributed by atoms with E-state index < -0.39 is 14.0 Å². The average molecular weight is 207 g/mol. The van der Waals surface area contributed by atoms with E-state index in [4.69, 9.17) is 9.63 Å². The molecule has 0 aromatic heterocycles. The minimum absolute atomic E-state index is 0.386. The van der Waals surface area contributed by atoms with E-state index in [2.05, 4.69) is 6.92 Å². The standard InChI is InChI=1S/C8H15O4P/c1-2-3-4-5-6-12-13(11)7-8(9)10/h2-7H2,1H3/p+1. The lowest BCUT2D eigenvalue weighted by molar-refractivity contribution is -0.134. The smallest absolute Gasteiger partial charge is 0.478 e. The van der Waals surface area contributed by atoms with Gasteiger partial charge in [-0.2, -0.15) is 0 Å². The lowest BCUT2D eigenvalue weighted by Crippen LogP contribution is -1.99.